The molecule has 0 aliphatic heterocycles. The summed E-state index contributed by atoms with van der Waals surface area (Å²) in [6.07, 6.45) is 40.0. The third kappa shape index (κ3) is 42.6. The molecular formula is C46H93NO8P+. The first-order chi connectivity index (χ1) is 27.0. The fraction of sp³-hybridized carbons (Fsp3) is 0.957. The van der Waals surface area contributed by atoms with Gasteiger partial charge in [0.05, 0.1) is 27.7 Å². The van der Waals surface area contributed by atoms with E-state index in [1.54, 1.807) is 0 Å². The second-order valence-electron chi connectivity index (χ2n) is 17.5. The van der Waals surface area contributed by atoms with Crippen LogP contribution in [0.25, 0.3) is 0 Å². The van der Waals surface area contributed by atoms with E-state index in [4.69, 9.17) is 18.5 Å². The molecule has 0 aliphatic rings. The van der Waals surface area contributed by atoms with Crippen LogP contribution in [0.3, 0.4) is 0 Å². The third-order valence-corrected chi connectivity index (χ3v) is 11.6. The number of likely N-dealkylation sites (N-methyl/N-ethyl adjacent to an activating group) is 1. The minimum atomic E-state index is -4.37. The van der Waals surface area contributed by atoms with Crippen LogP contribution in [0.5, 0.6) is 0 Å². The van der Waals surface area contributed by atoms with Crippen LogP contribution < -0.4 is 0 Å². The molecule has 0 rings (SSSR count). The molecule has 0 aliphatic carbocycles. The van der Waals surface area contributed by atoms with Crippen molar-refractivity contribution in [2.75, 3.05) is 47.5 Å². The first-order valence-corrected chi connectivity index (χ1v) is 25.3. The van der Waals surface area contributed by atoms with Crippen LogP contribution in [0.4, 0.5) is 0 Å². The Kier molecular flexibility index (Phi) is 38.8. The van der Waals surface area contributed by atoms with Gasteiger partial charge in [-0.2, -0.15) is 0 Å². The predicted octanol–water partition coefficient (Wildman–Crippen LogP) is 13.6. The molecule has 56 heavy (non-hydrogen) atoms. The number of rotatable bonds is 44. The highest BCUT2D eigenvalue weighted by Gasteiger charge is 2.27. The summed E-state index contributed by atoms with van der Waals surface area (Å²) in [7, 11) is 1.49. The molecule has 2 atom stereocenters. The Labute approximate surface area is 346 Å². The number of esters is 2. The first-order valence-electron chi connectivity index (χ1n) is 23.8. The van der Waals surface area contributed by atoms with Gasteiger partial charge in [0.1, 0.15) is 19.8 Å². The highest BCUT2D eigenvalue weighted by atomic mass is 31.2. The van der Waals surface area contributed by atoms with Crippen LogP contribution >= 0.6 is 7.82 Å². The molecule has 0 bridgehead atoms. The quantitative estimate of drug-likeness (QED) is 0.0280. The van der Waals surface area contributed by atoms with E-state index in [2.05, 4.69) is 13.8 Å². The number of hydrogen-bond donors (Lipinski definition) is 1. The number of ether oxygens (including phenoxy) is 2. The second-order valence-corrected chi connectivity index (χ2v) is 19.0. The second kappa shape index (κ2) is 39.5. The van der Waals surface area contributed by atoms with E-state index >= 15 is 0 Å². The zero-order valence-corrected chi connectivity index (χ0v) is 38.5. The summed E-state index contributed by atoms with van der Waals surface area (Å²) in [6, 6.07) is 0. The monoisotopic (exact) mass is 819 g/mol. The molecule has 0 heterocycles. The molecule has 0 spiro atoms. The molecular weight excluding hydrogens is 725 g/mol. The Morgan fingerprint density at radius 3 is 1.14 bits per heavy atom. The van der Waals surface area contributed by atoms with E-state index < -0.39 is 26.5 Å². The Morgan fingerprint density at radius 1 is 0.482 bits per heavy atom. The van der Waals surface area contributed by atoms with Crippen molar-refractivity contribution in [3.8, 4) is 0 Å². The Balaban J connectivity index is 4.22. The lowest BCUT2D eigenvalue weighted by molar-refractivity contribution is -0.870. The predicted molar refractivity (Wildman–Crippen MR) is 234 cm³/mol. The van der Waals surface area contributed by atoms with E-state index in [0.717, 1.165) is 38.5 Å². The van der Waals surface area contributed by atoms with Gasteiger partial charge in [-0.15, -0.1) is 0 Å². The molecule has 0 aromatic carbocycles. The number of nitrogens with zero attached hydrogens (tertiary/aromatic N) is 1. The van der Waals surface area contributed by atoms with Crippen LogP contribution in [0.15, 0.2) is 0 Å². The molecule has 0 saturated carbocycles. The lowest BCUT2D eigenvalue weighted by Gasteiger charge is -2.24. The fourth-order valence-corrected chi connectivity index (χ4v) is 7.64. The van der Waals surface area contributed by atoms with Crippen molar-refractivity contribution in [1.29, 1.82) is 0 Å². The van der Waals surface area contributed by atoms with Crippen molar-refractivity contribution in [2.24, 2.45) is 0 Å². The van der Waals surface area contributed by atoms with Gasteiger partial charge in [-0.3, -0.25) is 18.6 Å². The van der Waals surface area contributed by atoms with E-state index in [1.807, 2.05) is 21.1 Å². The number of phosphoric ester groups is 1. The Hall–Kier alpha value is -0.990. The molecule has 2 unspecified atom stereocenters. The number of phosphoric acid groups is 1. The maximum Gasteiger partial charge on any atom is 0.472 e. The molecule has 0 aromatic rings. The SMILES string of the molecule is CCCCCCCCCCCCCCCCCCCCCC(=O)OCC(COP(=O)(O)OCC[N+](C)(C)C)OC(=O)CCCCCCCCCCCCCCC. The minimum absolute atomic E-state index is 0.0369. The van der Waals surface area contributed by atoms with Gasteiger partial charge in [-0.1, -0.05) is 206 Å². The maximum absolute atomic E-state index is 12.7. The zero-order valence-electron chi connectivity index (χ0n) is 37.6. The highest BCUT2D eigenvalue weighted by Crippen LogP contribution is 2.43. The minimum Gasteiger partial charge on any atom is -0.462 e. The summed E-state index contributed by atoms with van der Waals surface area (Å²) < 4.78 is 34.4. The number of unbranched alkanes of at least 4 members (excludes halogenated alkanes) is 30. The van der Waals surface area contributed by atoms with Gasteiger partial charge in [-0.05, 0) is 12.8 Å². The summed E-state index contributed by atoms with van der Waals surface area (Å²) in [4.78, 5) is 35.4. The topological polar surface area (TPSA) is 108 Å². The molecule has 9 nitrogen and oxygen atoms in total. The van der Waals surface area contributed by atoms with Gasteiger partial charge < -0.3 is 18.9 Å². The summed E-state index contributed by atoms with van der Waals surface area (Å²) in [5.74, 6) is -0.781. The number of carbonyl (C=O) groups excluding carboxylic acids is 2. The van der Waals surface area contributed by atoms with Gasteiger partial charge in [0.2, 0.25) is 0 Å². The molecule has 0 aromatic heterocycles. The normalized spacial score (nSPS) is 13.5. The highest BCUT2D eigenvalue weighted by molar-refractivity contribution is 7.47. The summed E-state index contributed by atoms with van der Waals surface area (Å²) in [5.41, 5.74) is 0. The fourth-order valence-electron chi connectivity index (χ4n) is 6.90. The molecule has 10 heteroatoms. The number of quaternary nitrogens is 1. The van der Waals surface area contributed by atoms with Crippen LogP contribution in [0, 0.1) is 0 Å². The van der Waals surface area contributed by atoms with Crippen LogP contribution in [0.2, 0.25) is 0 Å². The maximum atomic E-state index is 12.7. The Bertz CT molecular complexity index is 927. The molecule has 0 radical (unpaired) electrons. The van der Waals surface area contributed by atoms with Crippen molar-refractivity contribution in [1.82, 2.24) is 0 Å². The molecule has 1 N–H and O–H groups in total. The largest absolute Gasteiger partial charge is 0.472 e. The van der Waals surface area contributed by atoms with E-state index in [0.29, 0.717) is 17.4 Å². The Morgan fingerprint density at radius 2 is 0.804 bits per heavy atom. The summed E-state index contributed by atoms with van der Waals surface area (Å²) in [6.45, 7) is 4.47. The van der Waals surface area contributed by atoms with Crippen LogP contribution in [-0.4, -0.2) is 74.9 Å². The van der Waals surface area contributed by atoms with Gasteiger partial charge >= 0.3 is 19.8 Å². The summed E-state index contributed by atoms with van der Waals surface area (Å²) in [5, 5.41) is 0. The van der Waals surface area contributed by atoms with Crippen molar-refractivity contribution < 1.29 is 42.1 Å². The standard InChI is InChI=1S/C46H92NO8P/c1-6-8-10-12-14-16-18-20-21-22-23-24-25-27-28-30-32-34-36-38-45(48)52-42-44(43-54-56(50,51)53-41-40-47(3,4)5)55-46(49)39-37-35-33-31-29-26-19-17-15-13-11-9-7-2/h44H,6-43H2,1-5H3/p+1. The molecule has 0 fully saturated rings. The first kappa shape index (κ1) is 55.0. The lowest BCUT2D eigenvalue weighted by Crippen LogP contribution is -2.37. The molecule has 0 amide bonds. The van der Waals surface area contributed by atoms with Gasteiger partial charge in [0, 0.05) is 12.8 Å². The number of hydrogen-bond acceptors (Lipinski definition) is 7. The smallest absolute Gasteiger partial charge is 0.462 e. The van der Waals surface area contributed by atoms with Crippen LogP contribution in [0.1, 0.15) is 232 Å². The van der Waals surface area contributed by atoms with Crippen molar-refractivity contribution >= 4 is 19.8 Å². The van der Waals surface area contributed by atoms with Crippen molar-refractivity contribution in [2.45, 2.75) is 238 Å². The van der Waals surface area contributed by atoms with Crippen LogP contribution in [-0.2, 0) is 32.7 Å². The molecule has 334 valence electrons. The van der Waals surface area contributed by atoms with E-state index in [1.165, 1.54) is 167 Å². The number of carbonyl (C=O) groups is 2. The molecule has 0 saturated heterocycles. The average Bonchev–Trinajstić information content (AvgIpc) is 3.15. The average molecular weight is 819 g/mol. The van der Waals surface area contributed by atoms with E-state index in [9.17, 15) is 19.0 Å². The van der Waals surface area contributed by atoms with Gasteiger partial charge in [0.25, 0.3) is 0 Å². The van der Waals surface area contributed by atoms with Gasteiger partial charge in [0.15, 0.2) is 6.10 Å². The third-order valence-electron chi connectivity index (χ3n) is 10.6. The summed E-state index contributed by atoms with van der Waals surface area (Å²) >= 11 is 0. The lowest BCUT2D eigenvalue weighted by atomic mass is 10.0. The van der Waals surface area contributed by atoms with Gasteiger partial charge in [-0.25, -0.2) is 4.57 Å². The van der Waals surface area contributed by atoms with E-state index in [-0.39, 0.29) is 25.6 Å². The van der Waals surface area contributed by atoms with Crippen molar-refractivity contribution in [3.05, 3.63) is 0 Å². The zero-order chi connectivity index (χ0) is 41.4. The van der Waals surface area contributed by atoms with Crippen molar-refractivity contribution in [3.63, 3.8) is 0 Å².